The second-order valence-corrected chi connectivity index (χ2v) is 9.02. The van der Waals surface area contributed by atoms with Crippen molar-refractivity contribution in [1.82, 2.24) is 0 Å². The third-order valence-corrected chi connectivity index (χ3v) is 6.53. The summed E-state index contributed by atoms with van der Waals surface area (Å²) < 4.78 is 12.4. The van der Waals surface area contributed by atoms with Gasteiger partial charge in [0.25, 0.3) is 0 Å². The molecule has 3 aromatic carbocycles. The van der Waals surface area contributed by atoms with Gasteiger partial charge in [-0.15, -0.1) is 0 Å². The van der Waals surface area contributed by atoms with Crippen LogP contribution in [-0.2, 0) is 9.31 Å². The summed E-state index contributed by atoms with van der Waals surface area (Å²) in [6, 6.07) is 27.5. The van der Waals surface area contributed by atoms with E-state index in [4.69, 9.17) is 9.31 Å². The van der Waals surface area contributed by atoms with Gasteiger partial charge in [-0.3, -0.25) is 0 Å². The Hall–Kier alpha value is -2.76. The van der Waals surface area contributed by atoms with Crippen molar-refractivity contribution in [3.05, 3.63) is 84.4 Å². The van der Waals surface area contributed by atoms with E-state index in [1.54, 1.807) is 0 Å². The van der Waals surface area contributed by atoms with Crippen LogP contribution in [-0.4, -0.2) is 18.3 Å². The van der Waals surface area contributed by atoms with Gasteiger partial charge in [-0.25, -0.2) is 0 Å². The molecular formula is C25H27BN2O2. The lowest BCUT2D eigenvalue weighted by molar-refractivity contribution is 0.00578. The molecule has 30 heavy (non-hydrogen) atoms. The third-order valence-electron chi connectivity index (χ3n) is 6.53. The van der Waals surface area contributed by atoms with Crippen LogP contribution in [0.1, 0.15) is 39.4 Å². The van der Waals surface area contributed by atoms with Crippen molar-refractivity contribution in [1.29, 1.82) is 0 Å². The normalized spacial score (nSPS) is 21.4. The van der Waals surface area contributed by atoms with Crippen molar-refractivity contribution in [2.75, 3.05) is 10.2 Å². The fourth-order valence-electron chi connectivity index (χ4n) is 4.08. The Bertz CT molecular complexity index is 1030. The lowest BCUT2D eigenvalue weighted by Crippen LogP contribution is -2.41. The Kier molecular flexibility index (Phi) is 4.42. The molecule has 0 aromatic heterocycles. The van der Waals surface area contributed by atoms with Crippen molar-refractivity contribution in [3.63, 3.8) is 0 Å². The van der Waals surface area contributed by atoms with E-state index in [1.807, 2.05) is 6.07 Å². The van der Waals surface area contributed by atoms with Crippen molar-refractivity contribution in [2.24, 2.45) is 0 Å². The van der Waals surface area contributed by atoms with Gasteiger partial charge in [0.2, 0.25) is 0 Å². The smallest absolute Gasteiger partial charge is 0.399 e. The number of hydrogen-bond donors (Lipinski definition) is 1. The zero-order valence-electron chi connectivity index (χ0n) is 17.9. The summed E-state index contributed by atoms with van der Waals surface area (Å²) in [6.45, 7) is 8.33. The minimum atomic E-state index is -0.344. The van der Waals surface area contributed by atoms with E-state index in [1.165, 1.54) is 11.3 Å². The van der Waals surface area contributed by atoms with Crippen molar-refractivity contribution in [2.45, 2.75) is 45.1 Å². The summed E-state index contributed by atoms with van der Waals surface area (Å²) in [5.41, 5.74) is 5.04. The largest absolute Gasteiger partial charge is 0.494 e. The van der Waals surface area contributed by atoms with E-state index >= 15 is 0 Å². The average Bonchev–Trinajstić information content (AvgIpc) is 3.23. The van der Waals surface area contributed by atoms with Gasteiger partial charge in [-0.05, 0) is 63.0 Å². The van der Waals surface area contributed by atoms with Gasteiger partial charge in [0, 0.05) is 5.69 Å². The molecule has 0 amide bonds. The van der Waals surface area contributed by atoms with E-state index in [-0.39, 0.29) is 24.5 Å². The highest BCUT2D eigenvalue weighted by Gasteiger charge is 2.51. The number of hydrogen-bond acceptors (Lipinski definition) is 4. The first kappa shape index (κ1) is 19.2. The first-order valence-corrected chi connectivity index (χ1v) is 10.5. The van der Waals surface area contributed by atoms with Gasteiger partial charge >= 0.3 is 7.12 Å². The maximum atomic E-state index is 6.21. The molecule has 2 aliphatic heterocycles. The predicted octanol–water partition coefficient (Wildman–Crippen LogP) is 5.25. The summed E-state index contributed by atoms with van der Waals surface area (Å²) in [4.78, 5) is 2.35. The summed E-state index contributed by atoms with van der Waals surface area (Å²) >= 11 is 0. The molecule has 5 rings (SSSR count). The molecule has 4 nitrogen and oxygen atoms in total. The number of benzene rings is 3. The van der Waals surface area contributed by atoms with Crippen LogP contribution in [0.15, 0.2) is 78.9 Å². The second kappa shape index (κ2) is 6.90. The summed E-state index contributed by atoms with van der Waals surface area (Å²) in [5, 5.41) is 3.68. The number of para-hydroxylation sites is 3. The fourth-order valence-corrected chi connectivity index (χ4v) is 4.08. The third kappa shape index (κ3) is 3.09. The molecule has 1 atom stereocenters. The number of nitrogens with zero attached hydrogens (tertiary/aromatic N) is 1. The molecule has 1 fully saturated rings. The van der Waals surface area contributed by atoms with Crippen molar-refractivity contribution < 1.29 is 9.31 Å². The SMILES string of the molecule is CC1(C)OB(c2ccc(C3Nc4ccccc4N3c3ccccc3)cc2)OC1(C)C. The van der Waals surface area contributed by atoms with Gasteiger partial charge in [-0.1, -0.05) is 54.6 Å². The van der Waals surface area contributed by atoms with Crippen LogP contribution in [0.5, 0.6) is 0 Å². The highest BCUT2D eigenvalue weighted by Crippen LogP contribution is 2.45. The van der Waals surface area contributed by atoms with E-state index < -0.39 is 0 Å². The summed E-state index contributed by atoms with van der Waals surface area (Å²) in [7, 11) is -0.344. The monoisotopic (exact) mass is 398 g/mol. The molecular weight excluding hydrogens is 371 g/mol. The van der Waals surface area contributed by atoms with Gasteiger partial charge in [0.05, 0.1) is 22.6 Å². The standard InChI is InChI=1S/C25H27BN2O2/c1-24(2)25(3,4)30-26(29-24)19-16-14-18(15-17-19)23-27-21-12-8-9-13-22(21)28(23)20-10-6-5-7-11-20/h5-17,23,27H,1-4H3. The molecule has 0 aliphatic carbocycles. The summed E-state index contributed by atoms with van der Waals surface area (Å²) in [5.74, 6) is 0. The molecule has 1 saturated heterocycles. The average molecular weight is 398 g/mol. The Balaban J connectivity index is 1.46. The minimum absolute atomic E-state index is 0.0251. The highest BCUT2D eigenvalue weighted by atomic mass is 16.7. The molecule has 2 aliphatic rings. The first-order valence-electron chi connectivity index (χ1n) is 10.5. The van der Waals surface area contributed by atoms with Gasteiger partial charge in [0.1, 0.15) is 6.17 Å². The molecule has 5 heteroatoms. The quantitative estimate of drug-likeness (QED) is 0.612. The number of fused-ring (bicyclic) bond motifs is 1. The maximum Gasteiger partial charge on any atom is 0.494 e. The second-order valence-electron chi connectivity index (χ2n) is 9.02. The summed E-state index contributed by atoms with van der Waals surface area (Å²) in [6.07, 6.45) is 0.0251. The molecule has 0 spiro atoms. The molecule has 2 heterocycles. The first-order chi connectivity index (χ1) is 14.4. The Morgan fingerprint density at radius 1 is 0.767 bits per heavy atom. The van der Waals surface area contributed by atoms with Crippen LogP contribution in [0.3, 0.4) is 0 Å². The van der Waals surface area contributed by atoms with Crippen LogP contribution in [0.4, 0.5) is 17.1 Å². The van der Waals surface area contributed by atoms with Crippen molar-refractivity contribution in [3.8, 4) is 0 Å². The lowest BCUT2D eigenvalue weighted by atomic mass is 9.79. The van der Waals surface area contributed by atoms with Crippen LogP contribution in [0, 0.1) is 0 Å². The maximum absolute atomic E-state index is 6.21. The van der Waals surface area contributed by atoms with E-state index in [0.717, 1.165) is 16.8 Å². The van der Waals surface area contributed by atoms with Crippen molar-refractivity contribution >= 4 is 29.6 Å². The van der Waals surface area contributed by atoms with Crippen LogP contribution in [0.2, 0.25) is 0 Å². The fraction of sp³-hybridized carbons (Fsp3) is 0.280. The number of anilines is 3. The van der Waals surface area contributed by atoms with Crippen LogP contribution in [0.25, 0.3) is 0 Å². The van der Waals surface area contributed by atoms with Crippen LogP contribution < -0.4 is 15.7 Å². The number of rotatable bonds is 3. The lowest BCUT2D eigenvalue weighted by Gasteiger charge is -2.32. The Morgan fingerprint density at radius 3 is 2.03 bits per heavy atom. The molecule has 0 radical (unpaired) electrons. The number of nitrogens with one attached hydrogen (secondary N) is 1. The van der Waals surface area contributed by atoms with Gasteiger partial charge in [0.15, 0.2) is 0 Å². The Morgan fingerprint density at radius 2 is 1.37 bits per heavy atom. The van der Waals surface area contributed by atoms with Gasteiger partial charge in [-0.2, -0.15) is 0 Å². The molecule has 0 saturated carbocycles. The molecule has 3 aromatic rings. The van der Waals surface area contributed by atoms with Gasteiger partial charge < -0.3 is 19.5 Å². The molecule has 152 valence electrons. The van der Waals surface area contributed by atoms with E-state index in [2.05, 4.69) is 111 Å². The topological polar surface area (TPSA) is 33.7 Å². The van der Waals surface area contributed by atoms with Crippen LogP contribution >= 0.6 is 0 Å². The Labute approximate surface area is 179 Å². The molecule has 1 N–H and O–H groups in total. The molecule has 1 unspecified atom stereocenters. The predicted molar refractivity (Wildman–Crippen MR) is 124 cm³/mol. The van der Waals surface area contributed by atoms with E-state index in [0.29, 0.717) is 0 Å². The van der Waals surface area contributed by atoms with E-state index in [9.17, 15) is 0 Å². The highest BCUT2D eigenvalue weighted by molar-refractivity contribution is 6.62. The zero-order valence-corrected chi connectivity index (χ0v) is 17.9. The minimum Gasteiger partial charge on any atom is -0.399 e. The zero-order chi connectivity index (χ0) is 20.9. The molecule has 0 bridgehead atoms.